The van der Waals surface area contributed by atoms with Crippen LogP contribution in [0.1, 0.15) is 27.7 Å². The Labute approximate surface area is 121 Å². The Morgan fingerprint density at radius 2 is 1.95 bits per heavy atom. The van der Waals surface area contributed by atoms with Gasteiger partial charge in [-0.1, -0.05) is 0 Å². The summed E-state index contributed by atoms with van der Waals surface area (Å²) in [6.45, 7) is 9.58. The van der Waals surface area contributed by atoms with E-state index in [1.165, 1.54) is 6.92 Å². The standard InChI is InChI=1S/C15H25N3O2/c1-11(19)18-13-7-6-12(10-14(13)20-5)16-8-9-17-15(2,3)4/h6-7,10,16-17H,8-9H2,1-5H3,(H,18,19). The number of carbonyl (C=O) groups excluding carboxylic acids is 1. The summed E-state index contributed by atoms with van der Waals surface area (Å²) < 4.78 is 5.28. The van der Waals surface area contributed by atoms with Gasteiger partial charge in [0, 0.05) is 37.3 Å². The van der Waals surface area contributed by atoms with Crippen LogP contribution in [0.5, 0.6) is 5.75 Å². The van der Waals surface area contributed by atoms with Crippen LogP contribution in [-0.2, 0) is 4.79 Å². The minimum absolute atomic E-state index is 0.113. The number of amides is 1. The lowest BCUT2D eigenvalue weighted by molar-refractivity contribution is -0.114. The second kappa shape index (κ2) is 7.14. The van der Waals surface area contributed by atoms with Crippen molar-refractivity contribution >= 4 is 17.3 Å². The molecule has 1 aromatic rings. The van der Waals surface area contributed by atoms with Crippen LogP contribution in [0.2, 0.25) is 0 Å². The van der Waals surface area contributed by atoms with E-state index in [1.54, 1.807) is 7.11 Å². The molecule has 0 saturated heterocycles. The molecule has 0 radical (unpaired) electrons. The van der Waals surface area contributed by atoms with Crippen LogP contribution >= 0.6 is 0 Å². The number of methoxy groups -OCH3 is 1. The van der Waals surface area contributed by atoms with Gasteiger partial charge in [-0.3, -0.25) is 4.79 Å². The topological polar surface area (TPSA) is 62.4 Å². The minimum atomic E-state index is -0.113. The van der Waals surface area contributed by atoms with Crippen LogP contribution in [0.3, 0.4) is 0 Å². The first-order valence-corrected chi connectivity index (χ1v) is 6.76. The quantitative estimate of drug-likeness (QED) is 0.700. The predicted octanol–water partition coefficient (Wildman–Crippen LogP) is 2.45. The van der Waals surface area contributed by atoms with E-state index in [0.29, 0.717) is 11.4 Å². The zero-order chi connectivity index (χ0) is 15.2. The maximum absolute atomic E-state index is 11.1. The number of ether oxygens (including phenoxy) is 1. The Morgan fingerprint density at radius 1 is 1.25 bits per heavy atom. The second-order valence-electron chi connectivity index (χ2n) is 5.70. The second-order valence-corrected chi connectivity index (χ2v) is 5.70. The molecule has 20 heavy (non-hydrogen) atoms. The van der Waals surface area contributed by atoms with E-state index < -0.39 is 0 Å². The summed E-state index contributed by atoms with van der Waals surface area (Å²) in [7, 11) is 1.59. The molecule has 0 aromatic heterocycles. The summed E-state index contributed by atoms with van der Waals surface area (Å²) in [5, 5.41) is 9.46. The molecule has 112 valence electrons. The first-order valence-electron chi connectivity index (χ1n) is 6.76. The normalized spacial score (nSPS) is 11.1. The molecule has 0 atom stereocenters. The van der Waals surface area contributed by atoms with Crippen LogP contribution in [0.25, 0.3) is 0 Å². The third-order valence-electron chi connectivity index (χ3n) is 2.62. The largest absolute Gasteiger partial charge is 0.494 e. The van der Waals surface area contributed by atoms with E-state index in [9.17, 15) is 4.79 Å². The molecule has 1 aromatic carbocycles. The van der Waals surface area contributed by atoms with Gasteiger partial charge in [0.2, 0.25) is 5.91 Å². The van der Waals surface area contributed by atoms with Crippen molar-refractivity contribution in [2.24, 2.45) is 0 Å². The lowest BCUT2D eigenvalue weighted by atomic mass is 10.1. The molecule has 0 heterocycles. The summed E-state index contributed by atoms with van der Waals surface area (Å²) in [6, 6.07) is 5.63. The van der Waals surface area contributed by atoms with Gasteiger partial charge in [0.05, 0.1) is 12.8 Å². The van der Waals surface area contributed by atoms with Crippen molar-refractivity contribution in [3.05, 3.63) is 18.2 Å². The van der Waals surface area contributed by atoms with Crippen molar-refractivity contribution in [2.75, 3.05) is 30.8 Å². The summed E-state index contributed by atoms with van der Waals surface area (Å²) in [6.07, 6.45) is 0. The van der Waals surface area contributed by atoms with Crippen molar-refractivity contribution in [3.63, 3.8) is 0 Å². The molecule has 0 saturated carbocycles. The Morgan fingerprint density at radius 3 is 2.50 bits per heavy atom. The summed E-state index contributed by atoms with van der Waals surface area (Å²) in [5.74, 6) is 0.535. The molecular formula is C15H25N3O2. The van der Waals surface area contributed by atoms with Gasteiger partial charge in [-0.05, 0) is 32.9 Å². The molecule has 3 N–H and O–H groups in total. The Kier molecular flexibility index (Phi) is 5.82. The molecule has 1 rings (SSSR count). The van der Waals surface area contributed by atoms with Crippen molar-refractivity contribution in [3.8, 4) is 5.75 Å². The van der Waals surface area contributed by atoms with E-state index in [2.05, 4.69) is 36.7 Å². The fourth-order valence-electron chi connectivity index (χ4n) is 1.74. The van der Waals surface area contributed by atoms with Crippen molar-refractivity contribution in [1.29, 1.82) is 0 Å². The summed E-state index contributed by atoms with van der Waals surface area (Å²) in [4.78, 5) is 11.1. The summed E-state index contributed by atoms with van der Waals surface area (Å²) >= 11 is 0. The summed E-state index contributed by atoms with van der Waals surface area (Å²) in [5.41, 5.74) is 1.76. The first-order chi connectivity index (χ1) is 9.31. The number of hydrogen-bond donors (Lipinski definition) is 3. The maximum atomic E-state index is 11.1. The monoisotopic (exact) mass is 279 g/mol. The molecule has 0 aliphatic carbocycles. The van der Waals surface area contributed by atoms with Gasteiger partial charge in [0.1, 0.15) is 5.75 Å². The zero-order valence-electron chi connectivity index (χ0n) is 13.0. The molecule has 0 aliphatic rings. The van der Waals surface area contributed by atoms with Gasteiger partial charge in [-0.2, -0.15) is 0 Å². The van der Waals surface area contributed by atoms with E-state index in [4.69, 9.17) is 4.74 Å². The van der Waals surface area contributed by atoms with Crippen molar-refractivity contribution < 1.29 is 9.53 Å². The maximum Gasteiger partial charge on any atom is 0.221 e. The van der Waals surface area contributed by atoms with Crippen LogP contribution in [0.4, 0.5) is 11.4 Å². The van der Waals surface area contributed by atoms with Gasteiger partial charge in [0.15, 0.2) is 0 Å². The average Bonchev–Trinajstić information content (AvgIpc) is 2.34. The van der Waals surface area contributed by atoms with Gasteiger partial charge in [-0.15, -0.1) is 0 Å². The number of hydrogen-bond acceptors (Lipinski definition) is 4. The third-order valence-corrected chi connectivity index (χ3v) is 2.62. The number of anilines is 2. The van der Waals surface area contributed by atoms with Gasteiger partial charge >= 0.3 is 0 Å². The molecule has 0 aliphatic heterocycles. The molecule has 1 amide bonds. The molecule has 5 nitrogen and oxygen atoms in total. The average molecular weight is 279 g/mol. The number of carbonyl (C=O) groups is 1. The minimum Gasteiger partial charge on any atom is -0.494 e. The smallest absolute Gasteiger partial charge is 0.221 e. The predicted molar refractivity (Wildman–Crippen MR) is 83.5 cm³/mol. The fraction of sp³-hybridized carbons (Fsp3) is 0.533. The molecule has 0 bridgehead atoms. The van der Waals surface area contributed by atoms with Gasteiger partial charge in [0.25, 0.3) is 0 Å². The Hall–Kier alpha value is -1.75. The number of nitrogens with one attached hydrogen (secondary N) is 3. The number of benzene rings is 1. The molecule has 0 spiro atoms. The lowest BCUT2D eigenvalue weighted by Crippen LogP contribution is -2.38. The lowest BCUT2D eigenvalue weighted by Gasteiger charge is -2.21. The highest BCUT2D eigenvalue weighted by Gasteiger charge is 2.08. The Bertz CT molecular complexity index is 453. The SMILES string of the molecule is COc1cc(NCCNC(C)(C)C)ccc1NC(C)=O. The van der Waals surface area contributed by atoms with E-state index >= 15 is 0 Å². The highest BCUT2D eigenvalue weighted by atomic mass is 16.5. The zero-order valence-corrected chi connectivity index (χ0v) is 13.0. The van der Waals surface area contributed by atoms with Crippen molar-refractivity contribution in [2.45, 2.75) is 33.2 Å². The highest BCUT2D eigenvalue weighted by Crippen LogP contribution is 2.27. The Balaban J connectivity index is 2.57. The van der Waals surface area contributed by atoms with E-state index in [-0.39, 0.29) is 11.4 Å². The van der Waals surface area contributed by atoms with Gasteiger partial charge < -0.3 is 20.7 Å². The van der Waals surface area contributed by atoms with E-state index in [1.807, 2.05) is 18.2 Å². The molecule has 0 unspecified atom stereocenters. The van der Waals surface area contributed by atoms with Crippen molar-refractivity contribution in [1.82, 2.24) is 5.32 Å². The molecule has 5 heteroatoms. The van der Waals surface area contributed by atoms with Crippen LogP contribution in [0, 0.1) is 0 Å². The third kappa shape index (κ3) is 5.93. The van der Waals surface area contributed by atoms with Crippen LogP contribution in [-0.4, -0.2) is 31.6 Å². The molecule has 0 fully saturated rings. The van der Waals surface area contributed by atoms with Crippen LogP contribution in [0.15, 0.2) is 18.2 Å². The highest BCUT2D eigenvalue weighted by molar-refractivity contribution is 5.90. The van der Waals surface area contributed by atoms with E-state index in [0.717, 1.165) is 18.8 Å². The fourth-order valence-corrected chi connectivity index (χ4v) is 1.74. The van der Waals surface area contributed by atoms with Crippen LogP contribution < -0.4 is 20.7 Å². The first kappa shape index (κ1) is 16.3. The van der Waals surface area contributed by atoms with Gasteiger partial charge in [-0.25, -0.2) is 0 Å². The molecular weight excluding hydrogens is 254 g/mol. The number of rotatable bonds is 6.